The molecule has 1 aromatic carbocycles. The fraction of sp³-hybridized carbons (Fsp3) is 0.250. The van der Waals surface area contributed by atoms with Crippen molar-refractivity contribution in [2.45, 2.75) is 5.56 Å². The number of nitrogen functional groups attached to an aromatic ring is 1. The molecule has 2 rings (SSSR count). The van der Waals surface area contributed by atoms with Crippen LogP contribution in [0.2, 0.25) is 0 Å². The number of anilines is 1. The summed E-state index contributed by atoms with van der Waals surface area (Å²) < 4.78 is 10.3. The molecule has 0 radical (unpaired) electrons. The Labute approximate surface area is 89.7 Å². The Morgan fingerprint density at radius 1 is 1.53 bits per heavy atom. The minimum Gasteiger partial charge on any atom is -0.484 e. The molecule has 0 saturated heterocycles. The molecule has 2 N–H and O–H groups in total. The highest BCUT2D eigenvalue weighted by Crippen LogP contribution is 2.39. The first-order valence-electron chi connectivity index (χ1n) is 4.09. The van der Waals surface area contributed by atoms with Crippen molar-refractivity contribution in [1.29, 1.82) is 0 Å². The van der Waals surface area contributed by atoms with Crippen LogP contribution < -0.4 is 15.2 Å². The standard InChI is InChI=1S/C8H7ClN2O4/c9-8-3-14-6-2-5(11(12)13)4(10)1-7(6)15-8/h1-2,8H,3,10H2. The number of hydrogen-bond acceptors (Lipinski definition) is 5. The van der Waals surface area contributed by atoms with E-state index in [1.165, 1.54) is 12.1 Å². The maximum absolute atomic E-state index is 10.6. The van der Waals surface area contributed by atoms with Crippen LogP contribution in [0.4, 0.5) is 11.4 Å². The summed E-state index contributed by atoms with van der Waals surface area (Å²) >= 11 is 5.68. The molecule has 15 heavy (non-hydrogen) atoms. The van der Waals surface area contributed by atoms with Crippen molar-refractivity contribution >= 4 is 23.0 Å². The highest BCUT2D eigenvalue weighted by molar-refractivity contribution is 6.20. The summed E-state index contributed by atoms with van der Waals surface area (Å²) in [6.45, 7) is 0.148. The van der Waals surface area contributed by atoms with Crippen molar-refractivity contribution in [3.8, 4) is 11.5 Å². The Kier molecular flexibility index (Phi) is 2.28. The summed E-state index contributed by atoms with van der Waals surface area (Å²) in [5.74, 6) is 0.608. The third kappa shape index (κ3) is 1.75. The van der Waals surface area contributed by atoms with Crippen molar-refractivity contribution in [3.63, 3.8) is 0 Å². The monoisotopic (exact) mass is 230 g/mol. The molecule has 0 amide bonds. The normalized spacial score (nSPS) is 18.6. The highest BCUT2D eigenvalue weighted by Gasteiger charge is 2.24. The minimum absolute atomic E-state index is 0.0214. The maximum Gasteiger partial charge on any atom is 0.296 e. The van der Waals surface area contributed by atoms with Crippen LogP contribution in [0.1, 0.15) is 0 Å². The molecule has 1 atom stereocenters. The van der Waals surface area contributed by atoms with Crippen molar-refractivity contribution in [3.05, 3.63) is 22.2 Å². The molecular weight excluding hydrogens is 224 g/mol. The van der Waals surface area contributed by atoms with Crippen LogP contribution in [-0.4, -0.2) is 17.1 Å². The maximum atomic E-state index is 10.6. The number of alkyl halides is 1. The number of nitro benzene ring substituents is 1. The quantitative estimate of drug-likeness (QED) is 0.342. The second-order valence-corrected chi connectivity index (χ2v) is 3.44. The largest absolute Gasteiger partial charge is 0.484 e. The zero-order valence-corrected chi connectivity index (χ0v) is 8.23. The van der Waals surface area contributed by atoms with Gasteiger partial charge in [-0.25, -0.2) is 0 Å². The van der Waals surface area contributed by atoms with Gasteiger partial charge in [-0.3, -0.25) is 10.1 Å². The molecule has 1 aliphatic rings. The van der Waals surface area contributed by atoms with Crippen molar-refractivity contribution in [1.82, 2.24) is 0 Å². The van der Waals surface area contributed by atoms with E-state index < -0.39 is 10.5 Å². The van der Waals surface area contributed by atoms with Gasteiger partial charge in [0.1, 0.15) is 12.3 Å². The summed E-state index contributed by atoms with van der Waals surface area (Å²) in [5.41, 5.74) is 4.69. The van der Waals surface area contributed by atoms with Crippen LogP contribution in [0, 0.1) is 10.1 Å². The number of nitro groups is 1. The lowest BCUT2D eigenvalue weighted by atomic mass is 10.2. The summed E-state index contributed by atoms with van der Waals surface area (Å²) in [5, 5.41) is 10.6. The first-order valence-corrected chi connectivity index (χ1v) is 4.53. The van der Waals surface area contributed by atoms with Crippen molar-refractivity contribution < 1.29 is 14.4 Å². The number of benzene rings is 1. The van der Waals surface area contributed by atoms with Gasteiger partial charge in [-0.2, -0.15) is 0 Å². The number of rotatable bonds is 1. The predicted molar refractivity (Wildman–Crippen MR) is 53.3 cm³/mol. The van der Waals surface area contributed by atoms with E-state index in [0.29, 0.717) is 5.75 Å². The van der Waals surface area contributed by atoms with E-state index in [2.05, 4.69) is 0 Å². The minimum atomic E-state index is -0.599. The Hall–Kier alpha value is -1.69. The second-order valence-electron chi connectivity index (χ2n) is 2.95. The predicted octanol–water partition coefficient (Wildman–Crippen LogP) is 1.51. The number of fused-ring (bicyclic) bond motifs is 1. The third-order valence-electron chi connectivity index (χ3n) is 1.91. The molecule has 7 heteroatoms. The molecule has 0 spiro atoms. The topological polar surface area (TPSA) is 87.6 Å². The Morgan fingerprint density at radius 3 is 2.93 bits per heavy atom. The van der Waals surface area contributed by atoms with Gasteiger partial charge in [0.2, 0.25) is 5.56 Å². The lowest BCUT2D eigenvalue weighted by molar-refractivity contribution is -0.384. The van der Waals surface area contributed by atoms with E-state index in [1.54, 1.807) is 0 Å². The Bertz CT molecular complexity index is 423. The van der Waals surface area contributed by atoms with Gasteiger partial charge in [0.05, 0.1) is 11.0 Å². The van der Waals surface area contributed by atoms with Gasteiger partial charge in [-0.05, 0) is 0 Å². The summed E-state index contributed by atoms with van der Waals surface area (Å²) in [6.07, 6.45) is 0. The van der Waals surface area contributed by atoms with Gasteiger partial charge in [0, 0.05) is 6.07 Å². The number of nitrogens with zero attached hydrogens (tertiary/aromatic N) is 1. The van der Waals surface area contributed by atoms with Gasteiger partial charge >= 0.3 is 0 Å². The molecule has 0 aromatic heterocycles. The first-order chi connectivity index (χ1) is 7.08. The van der Waals surface area contributed by atoms with Gasteiger partial charge < -0.3 is 15.2 Å². The second kappa shape index (κ2) is 3.47. The first kappa shape index (κ1) is 9.85. The smallest absolute Gasteiger partial charge is 0.296 e. The van der Waals surface area contributed by atoms with Crippen LogP contribution in [0.15, 0.2) is 12.1 Å². The van der Waals surface area contributed by atoms with Crippen molar-refractivity contribution in [2.24, 2.45) is 0 Å². The van der Waals surface area contributed by atoms with Gasteiger partial charge in [-0.15, -0.1) is 0 Å². The van der Waals surface area contributed by atoms with Gasteiger partial charge in [-0.1, -0.05) is 11.6 Å². The Morgan fingerprint density at radius 2 is 2.27 bits per heavy atom. The molecular formula is C8H7ClN2O4. The SMILES string of the molecule is Nc1cc2c(cc1[N+](=O)[O-])OCC(Cl)O2. The van der Waals surface area contributed by atoms with Crippen LogP contribution in [0.3, 0.4) is 0 Å². The van der Waals surface area contributed by atoms with Gasteiger partial charge in [0.25, 0.3) is 5.69 Å². The number of halogens is 1. The fourth-order valence-electron chi connectivity index (χ4n) is 1.26. The number of nitrogens with two attached hydrogens (primary N) is 1. The van der Waals surface area contributed by atoms with Crippen LogP contribution in [-0.2, 0) is 0 Å². The highest BCUT2D eigenvalue weighted by atomic mass is 35.5. The van der Waals surface area contributed by atoms with Crippen molar-refractivity contribution in [2.75, 3.05) is 12.3 Å². The molecule has 1 unspecified atom stereocenters. The summed E-state index contributed by atoms with van der Waals surface area (Å²) in [6, 6.07) is 2.56. The molecule has 0 fully saturated rings. The number of ether oxygens (including phenoxy) is 2. The molecule has 1 aromatic rings. The van der Waals surface area contributed by atoms with E-state index >= 15 is 0 Å². The average molecular weight is 231 g/mol. The lowest BCUT2D eigenvalue weighted by Crippen LogP contribution is -2.23. The van der Waals surface area contributed by atoms with Crippen LogP contribution in [0.25, 0.3) is 0 Å². The van der Waals surface area contributed by atoms with Crippen LogP contribution >= 0.6 is 11.6 Å². The summed E-state index contributed by atoms with van der Waals surface area (Å²) in [4.78, 5) is 10.00. The van der Waals surface area contributed by atoms with E-state index in [4.69, 9.17) is 26.8 Å². The number of hydrogen-bond donors (Lipinski definition) is 1. The Balaban J connectivity index is 2.46. The molecule has 1 aliphatic heterocycles. The zero-order chi connectivity index (χ0) is 11.0. The van der Waals surface area contributed by atoms with Crippen LogP contribution in [0.5, 0.6) is 11.5 Å². The molecule has 1 heterocycles. The third-order valence-corrected chi connectivity index (χ3v) is 2.13. The molecule has 6 nitrogen and oxygen atoms in total. The van der Waals surface area contributed by atoms with E-state index in [9.17, 15) is 10.1 Å². The zero-order valence-electron chi connectivity index (χ0n) is 7.47. The molecule has 0 aliphatic carbocycles. The molecule has 0 saturated carbocycles. The van der Waals surface area contributed by atoms with E-state index in [1.807, 2.05) is 0 Å². The lowest BCUT2D eigenvalue weighted by Gasteiger charge is -2.22. The fourth-order valence-corrected chi connectivity index (χ4v) is 1.41. The molecule has 0 bridgehead atoms. The van der Waals surface area contributed by atoms with E-state index in [-0.39, 0.29) is 23.7 Å². The average Bonchev–Trinajstić information content (AvgIpc) is 2.15. The molecule has 80 valence electrons. The van der Waals surface area contributed by atoms with E-state index in [0.717, 1.165) is 0 Å². The van der Waals surface area contributed by atoms with Gasteiger partial charge in [0.15, 0.2) is 11.5 Å². The summed E-state index contributed by atoms with van der Waals surface area (Å²) in [7, 11) is 0.